The summed E-state index contributed by atoms with van der Waals surface area (Å²) in [6.07, 6.45) is 2.53. The lowest BCUT2D eigenvalue weighted by Crippen LogP contribution is -2.28. The number of carbonyl (C=O) groups excluding carboxylic acids is 1. The zero-order valence-electron chi connectivity index (χ0n) is 13.1. The van der Waals surface area contributed by atoms with Crippen molar-refractivity contribution >= 4 is 11.6 Å². The summed E-state index contributed by atoms with van der Waals surface area (Å²) in [4.78, 5) is 14.4. The van der Waals surface area contributed by atoms with Crippen molar-refractivity contribution in [1.82, 2.24) is 5.32 Å². The molecule has 0 aromatic heterocycles. The summed E-state index contributed by atoms with van der Waals surface area (Å²) in [5, 5.41) is 3.08. The molecular weight excluding hydrogens is 272 g/mol. The highest BCUT2D eigenvalue weighted by molar-refractivity contribution is 5.94. The zero-order valence-corrected chi connectivity index (χ0v) is 13.1. The van der Waals surface area contributed by atoms with Crippen LogP contribution in [-0.4, -0.2) is 20.0 Å². The summed E-state index contributed by atoms with van der Waals surface area (Å²) >= 11 is 0. The molecular formula is C19H22N2O. The van der Waals surface area contributed by atoms with Crippen molar-refractivity contribution in [3.8, 4) is 0 Å². The number of nitrogens with one attached hydrogen (secondary N) is 1. The van der Waals surface area contributed by atoms with Crippen molar-refractivity contribution in [2.24, 2.45) is 0 Å². The van der Waals surface area contributed by atoms with Crippen molar-refractivity contribution in [3.63, 3.8) is 0 Å². The first kappa shape index (κ1) is 15.8. The minimum Gasteiger partial charge on any atom is -0.378 e. The van der Waals surface area contributed by atoms with Crippen LogP contribution in [0.1, 0.15) is 28.4 Å². The van der Waals surface area contributed by atoms with Crippen LogP contribution in [0.25, 0.3) is 0 Å². The number of nitrogens with zero attached hydrogens (tertiary/aromatic N) is 1. The van der Waals surface area contributed by atoms with E-state index in [4.69, 9.17) is 0 Å². The first-order valence-electron chi connectivity index (χ1n) is 7.36. The molecule has 2 aromatic carbocycles. The first-order chi connectivity index (χ1) is 10.6. The van der Waals surface area contributed by atoms with Crippen LogP contribution in [-0.2, 0) is 0 Å². The molecule has 0 bridgehead atoms. The summed E-state index contributed by atoms with van der Waals surface area (Å²) in [6, 6.07) is 17.5. The molecule has 0 radical (unpaired) electrons. The average Bonchev–Trinajstić information content (AvgIpc) is 2.55. The van der Waals surface area contributed by atoms with E-state index in [0.717, 1.165) is 11.3 Å². The predicted octanol–water partition coefficient (Wildman–Crippen LogP) is 3.80. The molecule has 1 atom stereocenters. The molecule has 0 aliphatic heterocycles. The van der Waals surface area contributed by atoms with Crippen molar-refractivity contribution < 1.29 is 4.79 Å². The third kappa shape index (κ3) is 3.98. The van der Waals surface area contributed by atoms with E-state index in [2.05, 4.69) is 11.9 Å². The largest absolute Gasteiger partial charge is 0.378 e. The van der Waals surface area contributed by atoms with E-state index in [9.17, 15) is 4.79 Å². The van der Waals surface area contributed by atoms with Crippen molar-refractivity contribution in [2.75, 3.05) is 19.0 Å². The molecule has 2 rings (SSSR count). The van der Waals surface area contributed by atoms with Gasteiger partial charge in [-0.05, 0) is 36.2 Å². The molecule has 0 saturated heterocycles. The topological polar surface area (TPSA) is 32.3 Å². The van der Waals surface area contributed by atoms with Crippen molar-refractivity contribution in [1.29, 1.82) is 0 Å². The Labute approximate surface area is 132 Å². The minimum atomic E-state index is -0.0685. The van der Waals surface area contributed by atoms with Gasteiger partial charge in [-0.2, -0.15) is 0 Å². The van der Waals surface area contributed by atoms with E-state index < -0.39 is 0 Å². The highest BCUT2D eigenvalue weighted by atomic mass is 16.1. The second kappa shape index (κ2) is 7.46. The second-order valence-electron chi connectivity index (χ2n) is 5.40. The molecule has 0 unspecified atom stereocenters. The lowest BCUT2D eigenvalue weighted by Gasteiger charge is -2.18. The quantitative estimate of drug-likeness (QED) is 0.822. The molecule has 0 fully saturated rings. The summed E-state index contributed by atoms with van der Waals surface area (Å²) in [7, 11) is 3.95. The van der Waals surface area contributed by atoms with Gasteiger partial charge in [0.2, 0.25) is 0 Å². The fourth-order valence-electron chi connectivity index (χ4n) is 2.28. The van der Waals surface area contributed by atoms with E-state index in [1.165, 1.54) is 0 Å². The van der Waals surface area contributed by atoms with E-state index in [0.29, 0.717) is 12.0 Å². The molecule has 1 N–H and O–H groups in total. The van der Waals surface area contributed by atoms with E-state index in [-0.39, 0.29) is 11.9 Å². The van der Waals surface area contributed by atoms with Crippen molar-refractivity contribution in [2.45, 2.75) is 12.5 Å². The van der Waals surface area contributed by atoms with Gasteiger partial charge in [-0.25, -0.2) is 0 Å². The van der Waals surface area contributed by atoms with Crippen LogP contribution in [0.4, 0.5) is 5.69 Å². The smallest absolute Gasteiger partial charge is 0.251 e. The van der Waals surface area contributed by atoms with Crippen LogP contribution in [0.2, 0.25) is 0 Å². The number of hydrogen-bond donors (Lipinski definition) is 1. The van der Waals surface area contributed by atoms with Gasteiger partial charge in [-0.1, -0.05) is 36.4 Å². The van der Waals surface area contributed by atoms with E-state index >= 15 is 0 Å². The number of carbonyl (C=O) groups is 1. The van der Waals surface area contributed by atoms with Crippen LogP contribution in [0.3, 0.4) is 0 Å². The monoisotopic (exact) mass is 294 g/mol. The Balaban J connectivity index is 2.12. The van der Waals surface area contributed by atoms with Crippen LogP contribution < -0.4 is 10.2 Å². The number of rotatable bonds is 6. The second-order valence-corrected chi connectivity index (χ2v) is 5.40. The van der Waals surface area contributed by atoms with Gasteiger partial charge in [0.1, 0.15) is 0 Å². The molecule has 0 aliphatic rings. The number of amides is 1. The van der Waals surface area contributed by atoms with Gasteiger partial charge in [0.25, 0.3) is 5.91 Å². The standard InChI is InChI=1S/C19H22N2O/c1-4-8-18(15-9-6-5-7-10-15)20-19(22)16-11-13-17(14-12-16)21(2)3/h4-7,9-14,18H,1,8H2,2-3H3,(H,20,22)/t18-/m1/s1. The molecule has 22 heavy (non-hydrogen) atoms. The van der Waals surface area contributed by atoms with Crippen LogP contribution in [0.15, 0.2) is 67.3 Å². The average molecular weight is 294 g/mol. The van der Waals surface area contributed by atoms with Crippen LogP contribution in [0, 0.1) is 0 Å². The summed E-state index contributed by atoms with van der Waals surface area (Å²) in [5.74, 6) is -0.0685. The third-order valence-electron chi connectivity index (χ3n) is 3.56. The molecule has 0 saturated carbocycles. The first-order valence-corrected chi connectivity index (χ1v) is 7.36. The fourth-order valence-corrected chi connectivity index (χ4v) is 2.28. The summed E-state index contributed by atoms with van der Waals surface area (Å²) < 4.78 is 0. The van der Waals surface area contributed by atoms with Gasteiger partial charge in [-0.3, -0.25) is 4.79 Å². The lowest BCUT2D eigenvalue weighted by molar-refractivity contribution is 0.0937. The van der Waals surface area contributed by atoms with Gasteiger partial charge >= 0.3 is 0 Å². The highest BCUT2D eigenvalue weighted by Crippen LogP contribution is 2.18. The normalized spacial score (nSPS) is 11.5. The maximum Gasteiger partial charge on any atom is 0.251 e. The van der Waals surface area contributed by atoms with Gasteiger partial charge in [0, 0.05) is 25.3 Å². The Kier molecular flexibility index (Phi) is 5.37. The summed E-state index contributed by atoms with van der Waals surface area (Å²) in [6.45, 7) is 3.78. The summed E-state index contributed by atoms with van der Waals surface area (Å²) in [5.41, 5.74) is 2.82. The Morgan fingerprint density at radius 2 is 1.77 bits per heavy atom. The SMILES string of the molecule is C=CC[C@@H](NC(=O)c1ccc(N(C)C)cc1)c1ccccc1. The molecule has 114 valence electrons. The molecule has 0 aliphatic carbocycles. The van der Waals surface area contributed by atoms with Gasteiger partial charge < -0.3 is 10.2 Å². The van der Waals surface area contributed by atoms with Gasteiger partial charge in [-0.15, -0.1) is 6.58 Å². The Bertz CT molecular complexity index is 618. The Morgan fingerprint density at radius 3 is 2.32 bits per heavy atom. The van der Waals surface area contributed by atoms with Crippen LogP contribution in [0.5, 0.6) is 0 Å². The van der Waals surface area contributed by atoms with E-state index in [1.54, 1.807) is 0 Å². The minimum absolute atomic E-state index is 0.0558. The molecule has 1 amide bonds. The predicted molar refractivity (Wildman–Crippen MR) is 92.2 cm³/mol. The number of anilines is 1. The third-order valence-corrected chi connectivity index (χ3v) is 3.56. The Morgan fingerprint density at radius 1 is 1.14 bits per heavy atom. The number of benzene rings is 2. The molecule has 0 heterocycles. The maximum absolute atomic E-state index is 12.4. The zero-order chi connectivity index (χ0) is 15.9. The highest BCUT2D eigenvalue weighted by Gasteiger charge is 2.14. The maximum atomic E-state index is 12.4. The Hall–Kier alpha value is -2.55. The van der Waals surface area contributed by atoms with Gasteiger partial charge in [0.05, 0.1) is 6.04 Å². The molecule has 3 nitrogen and oxygen atoms in total. The lowest BCUT2D eigenvalue weighted by atomic mass is 10.0. The fraction of sp³-hybridized carbons (Fsp3) is 0.211. The van der Waals surface area contributed by atoms with Crippen molar-refractivity contribution in [3.05, 3.63) is 78.4 Å². The number of hydrogen-bond acceptors (Lipinski definition) is 2. The molecule has 0 spiro atoms. The van der Waals surface area contributed by atoms with Gasteiger partial charge in [0.15, 0.2) is 0 Å². The van der Waals surface area contributed by atoms with Crippen LogP contribution >= 0.6 is 0 Å². The molecule has 2 aromatic rings. The van der Waals surface area contributed by atoms with E-state index in [1.807, 2.05) is 79.7 Å². The molecule has 3 heteroatoms.